The normalized spacial score (nSPS) is 12.3. The first-order chi connectivity index (χ1) is 11.5. The number of hydrogen-bond acceptors (Lipinski definition) is 3. The van der Waals surface area contributed by atoms with Gasteiger partial charge in [-0.3, -0.25) is 4.72 Å². The molecule has 8 heteroatoms. The van der Waals surface area contributed by atoms with E-state index in [2.05, 4.69) is 4.72 Å². The highest BCUT2D eigenvalue weighted by Crippen LogP contribution is 2.35. The summed E-state index contributed by atoms with van der Waals surface area (Å²) in [5.41, 5.74) is -0.290. The molecule has 0 aliphatic carbocycles. The fourth-order valence-corrected chi connectivity index (χ4v) is 3.26. The maximum Gasteiger partial charge on any atom is 0.416 e. The van der Waals surface area contributed by atoms with Crippen LogP contribution >= 0.6 is 0 Å². The highest BCUT2D eigenvalue weighted by molar-refractivity contribution is 7.92. The maximum absolute atomic E-state index is 12.9. The first-order valence-electron chi connectivity index (χ1n) is 7.42. The van der Waals surface area contributed by atoms with Gasteiger partial charge in [-0.25, -0.2) is 8.42 Å². The van der Waals surface area contributed by atoms with E-state index in [1.54, 1.807) is 12.1 Å². The molecule has 0 saturated carbocycles. The highest BCUT2D eigenvalue weighted by Gasteiger charge is 2.31. The van der Waals surface area contributed by atoms with Crippen LogP contribution in [-0.4, -0.2) is 15.5 Å². The van der Waals surface area contributed by atoms with Crippen LogP contribution in [0.3, 0.4) is 0 Å². The topological polar surface area (TPSA) is 55.4 Å². The third-order valence-corrected chi connectivity index (χ3v) is 5.01. The Balaban J connectivity index is 2.39. The molecular weight excluding hydrogens is 355 g/mol. The molecule has 0 atom stereocenters. The molecule has 0 aliphatic heterocycles. The molecule has 1 N–H and O–H groups in total. The summed E-state index contributed by atoms with van der Waals surface area (Å²) in [6.07, 6.45) is -4.59. The zero-order chi connectivity index (χ0) is 18.8. The molecular formula is C17H18F3NO3S. The summed E-state index contributed by atoms with van der Waals surface area (Å²) in [5, 5.41) is 0. The largest absolute Gasteiger partial charge is 0.495 e. The molecule has 4 nitrogen and oxygen atoms in total. The van der Waals surface area contributed by atoms with E-state index in [9.17, 15) is 21.6 Å². The quantitative estimate of drug-likeness (QED) is 0.831. The lowest BCUT2D eigenvalue weighted by Crippen LogP contribution is -2.15. The summed E-state index contributed by atoms with van der Waals surface area (Å²) in [5.74, 6) is 0.226. The summed E-state index contributed by atoms with van der Waals surface area (Å²) < 4.78 is 70.6. The van der Waals surface area contributed by atoms with Crippen LogP contribution in [0.25, 0.3) is 0 Å². The number of hydrogen-bond donors (Lipinski definition) is 1. The number of nitrogens with one attached hydrogen (secondary N) is 1. The zero-order valence-corrected chi connectivity index (χ0v) is 14.7. The SMILES string of the molecule is COc1ccc(C(F)(F)F)cc1NS(=O)(=O)c1ccc(C(C)C)cc1. The molecule has 0 bridgehead atoms. The first kappa shape index (κ1) is 19.1. The lowest BCUT2D eigenvalue weighted by atomic mass is 10.0. The summed E-state index contributed by atoms with van der Waals surface area (Å²) in [7, 11) is -2.80. The molecule has 0 spiro atoms. The van der Waals surface area contributed by atoms with Gasteiger partial charge in [0.2, 0.25) is 0 Å². The van der Waals surface area contributed by atoms with Crippen LogP contribution in [0, 0.1) is 0 Å². The van der Waals surface area contributed by atoms with Gasteiger partial charge in [-0.15, -0.1) is 0 Å². The van der Waals surface area contributed by atoms with Crippen molar-refractivity contribution in [3.63, 3.8) is 0 Å². The fraction of sp³-hybridized carbons (Fsp3) is 0.294. The van der Waals surface area contributed by atoms with Gasteiger partial charge in [0.1, 0.15) is 5.75 Å². The van der Waals surface area contributed by atoms with Crippen molar-refractivity contribution in [2.24, 2.45) is 0 Å². The number of halogens is 3. The molecule has 2 aromatic carbocycles. The van der Waals surface area contributed by atoms with E-state index < -0.39 is 21.8 Å². The molecule has 25 heavy (non-hydrogen) atoms. The van der Waals surface area contributed by atoms with Crippen LogP contribution in [0.2, 0.25) is 0 Å². The standard InChI is InChI=1S/C17H18F3NO3S/c1-11(2)12-4-7-14(8-5-12)25(22,23)21-15-10-13(17(18,19)20)6-9-16(15)24-3/h4-11,21H,1-3H3. The number of benzene rings is 2. The van der Waals surface area contributed by atoms with Gasteiger partial charge >= 0.3 is 6.18 Å². The van der Waals surface area contributed by atoms with Crippen molar-refractivity contribution in [3.8, 4) is 5.75 Å². The van der Waals surface area contributed by atoms with Crippen molar-refractivity contribution in [3.05, 3.63) is 53.6 Å². The molecule has 0 radical (unpaired) electrons. The second-order valence-corrected chi connectivity index (χ2v) is 7.42. The number of methoxy groups -OCH3 is 1. The minimum atomic E-state index is -4.59. The van der Waals surface area contributed by atoms with Crippen molar-refractivity contribution in [1.29, 1.82) is 0 Å². The van der Waals surface area contributed by atoms with E-state index in [4.69, 9.17) is 4.74 Å². The Morgan fingerprint density at radius 1 is 1.04 bits per heavy atom. The van der Waals surface area contributed by atoms with E-state index >= 15 is 0 Å². The number of ether oxygens (including phenoxy) is 1. The monoisotopic (exact) mass is 373 g/mol. The predicted molar refractivity (Wildman–Crippen MR) is 89.3 cm³/mol. The molecule has 2 aromatic rings. The molecule has 0 unspecified atom stereocenters. The van der Waals surface area contributed by atoms with Gasteiger partial charge in [-0.2, -0.15) is 13.2 Å². The van der Waals surface area contributed by atoms with Gasteiger partial charge in [0.15, 0.2) is 0 Å². The van der Waals surface area contributed by atoms with Crippen molar-refractivity contribution >= 4 is 15.7 Å². The van der Waals surface area contributed by atoms with Crippen LogP contribution in [0.1, 0.15) is 30.9 Å². The minimum Gasteiger partial charge on any atom is -0.495 e. The van der Waals surface area contributed by atoms with Gasteiger partial charge in [0.25, 0.3) is 10.0 Å². The summed E-state index contributed by atoms with van der Waals surface area (Å²) in [6, 6.07) is 8.77. The van der Waals surface area contributed by atoms with Gasteiger partial charge in [-0.1, -0.05) is 26.0 Å². The average molecular weight is 373 g/mol. The van der Waals surface area contributed by atoms with Crippen molar-refractivity contribution in [2.45, 2.75) is 30.8 Å². The third kappa shape index (κ3) is 4.45. The van der Waals surface area contributed by atoms with E-state index in [0.717, 1.165) is 17.7 Å². The van der Waals surface area contributed by atoms with Gasteiger partial charge in [0.05, 0.1) is 23.3 Å². The van der Waals surface area contributed by atoms with Crippen LogP contribution in [0.4, 0.5) is 18.9 Å². The Morgan fingerprint density at radius 2 is 1.64 bits per heavy atom. The fourth-order valence-electron chi connectivity index (χ4n) is 2.20. The van der Waals surface area contributed by atoms with Crippen molar-refractivity contribution < 1.29 is 26.3 Å². The van der Waals surface area contributed by atoms with Crippen molar-refractivity contribution in [2.75, 3.05) is 11.8 Å². The van der Waals surface area contributed by atoms with E-state index in [0.29, 0.717) is 6.07 Å². The lowest BCUT2D eigenvalue weighted by molar-refractivity contribution is -0.137. The summed E-state index contributed by atoms with van der Waals surface area (Å²) in [6.45, 7) is 3.94. The molecule has 136 valence electrons. The molecule has 0 heterocycles. The molecule has 2 rings (SSSR count). The van der Waals surface area contributed by atoms with Crippen LogP contribution in [-0.2, 0) is 16.2 Å². The first-order valence-corrected chi connectivity index (χ1v) is 8.91. The van der Waals surface area contributed by atoms with Crippen LogP contribution < -0.4 is 9.46 Å². The molecule has 0 fully saturated rings. The number of sulfonamides is 1. The number of rotatable bonds is 5. The molecule has 0 aliphatic rings. The van der Waals surface area contributed by atoms with Crippen LogP contribution in [0.5, 0.6) is 5.75 Å². The maximum atomic E-state index is 12.9. The average Bonchev–Trinajstić information content (AvgIpc) is 2.53. The Morgan fingerprint density at radius 3 is 2.12 bits per heavy atom. The minimum absolute atomic E-state index is 0.00428. The zero-order valence-electron chi connectivity index (χ0n) is 13.9. The van der Waals surface area contributed by atoms with E-state index in [1.807, 2.05) is 13.8 Å². The second-order valence-electron chi connectivity index (χ2n) is 5.74. The Bertz CT molecular complexity index is 844. The smallest absolute Gasteiger partial charge is 0.416 e. The summed E-state index contributed by atoms with van der Waals surface area (Å²) >= 11 is 0. The number of alkyl halides is 3. The molecule has 0 amide bonds. The molecule has 0 aromatic heterocycles. The predicted octanol–water partition coefficient (Wildman–Crippen LogP) is 4.64. The third-order valence-electron chi connectivity index (χ3n) is 3.63. The van der Waals surface area contributed by atoms with Crippen molar-refractivity contribution in [1.82, 2.24) is 0 Å². The second kappa shape index (κ2) is 6.95. The Hall–Kier alpha value is -2.22. The van der Waals surface area contributed by atoms with E-state index in [-0.39, 0.29) is 22.3 Å². The van der Waals surface area contributed by atoms with Gasteiger partial charge < -0.3 is 4.74 Å². The number of anilines is 1. The lowest BCUT2D eigenvalue weighted by Gasteiger charge is -2.15. The Kier molecular flexibility index (Phi) is 5.31. The van der Waals surface area contributed by atoms with Crippen LogP contribution in [0.15, 0.2) is 47.4 Å². The molecule has 0 saturated heterocycles. The van der Waals surface area contributed by atoms with Gasteiger partial charge in [0, 0.05) is 0 Å². The van der Waals surface area contributed by atoms with E-state index in [1.165, 1.54) is 19.2 Å². The highest BCUT2D eigenvalue weighted by atomic mass is 32.2. The summed E-state index contributed by atoms with van der Waals surface area (Å²) in [4.78, 5) is -0.0450. The Labute approximate surface area is 144 Å². The van der Waals surface area contributed by atoms with Gasteiger partial charge in [-0.05, 0) is 41.8 Å².